The molecule has 0 aliphatic carbocycles. The predicted octanol–water partition coefficient (Wildman–Crippen LogP) is 3.30. The van der Waals surface area contributed by atoms with Crippen LogP contribution in [0.1, 0.15) is 26.3 Å². The minimum Gasteiger partial charge on any atom is -0.307 e. The summed E-state index contributed by atoms with van der Waals surface area (Å²) in [6.07, 6.45) is 0.859. The molecule has 29 heavy (non-hydrogen) atoms. The SMILES string of the molecule is CC(C)(C)N=C(NC(=O)Cc1ccc(F)c(F)c1)Nc1n[nH]c2cc(F)cnc12. The van der Waals surface area contributed by atoms with Crippen LogP contribution in [0.5, 0.6) is 0 Å². The summed E-state index contributed by atoms with van der Waals surface area (Å²) < 4.78 is 39.7. The second-order valence-electron chi connectivity index (χ2n) is 7.35. The first kappa shape index (κ1) is 20.3. The molecule has 7 nitrogen and oxygen atoms in total. The highest BCUT2D eigenvalue weighted by Gasteiger charge is 2.17. The van der Waals surface area contributed by atoms with E-state index in [0.717, 1.165) is 18.3 Å². The molecule has 3 aromatic rings. The lowest BCUT2D eigenvalue weighted by Gasteiger charge is -2.17. The highest BCUT2D eigenvalue weighted by Crippen LogP contribution is 2.18. The van der Waals surface area contributed by atoms with Gasteiger partial charge in [-0.1, -0.05) is 6.07 Å². The Morgan fingerprint density at radius 2 is 1.93 bits per heavy atom. The van der Waals surface area contributed by atoms with Crippen molar-refractivity contribution in [3.8, 4) is 0 Å². The largest absolute Gasteiger partial charge is 0.307 e. The van der Waals surface area contributed by atoms with Gasteiger partial charge in [-0.3, -0.25) is 15.2 Å². The molecule has 3 rings (SSSR count). The Morgan fingerprint density at radius 3 is 2.62 bits per heavy atom. The summed E-state index contributed by atoms with van der Waals surface area (Å²) in [5.74, 6) is -2.69. The lowest BCUT2D eigenvalue weighted by atomic mass is 10.1. The van der Waals surface area contributed by atoms with E-state index in [1.54, 1.807) is 0 Å². The molecule has 2 aromatic heterocycles. The number of hydrogen-bond donors (Lipinski definition) is 3. The average Bonchev–Trinajstić information content (AvgIpc) is 2.98. The maximum absolute atomic E-state index is 13.4. The smallest absolute Gasteiger partial charge is 0.231 e. The van der Waals surface area contributed by atoms with Crippen LogP contribution in [-0.2, 0) is 11.2 Å². The molecule has 2 heterocycles. The predicted molar refractivity (Wildman–Crippen MR) is 103 cm³/mol. The summed E-state index contributed by atoms with van der Waals surface area (Å²) in [6.45, 7) is 5.48. The molecule has 3 N–H and O–H groups in total. The quantitative estimate of drug-likeness (QED) is 0.461. The third kappa shape index (κ3) is 5.31. The van der Waals surface area contributed by atoms with E-state index in [2.05, 4.69) is 30.8 Å². The summed E-state index contributed by atoms with van der Waals surface area (Å²) in [5, 5.41) is 12.1. The highest BCUT2D eigenvalue weighted by atomic mass is 19.2. The minimum atomic E-state index is -1.03. The number of aromatic amines is 1. The number of carbonyl (C=O) groups excluding carboxylic acids is 1. The number of aromatic nitrogens is 3. The van der Waals surface area contributed by atoms with E-state index in [9.17, 15) is 18.0 Å². The topological polar surface area (TPSA) is 95.1 Å². The summed E-state index contributed by atoms with van der Waals surface area (Å²) in [5.41, 5.74) is 0.487. The molecule has 0 radical (unpaired) electrons. The number of hydrogen-bond acceptors (Lipinski definition) is 4. The number of benzene rings is 1. The van der Waals surface area contributed by atoms with E-state index < -0.39 is 28.9 Å². The molecule has 0 fully saturated rings. The van der Waals surface area contributed by atoms with Gasteiger partial charge in [0.25, 0.3) is 0 Å². The van der Waals surface area contributed by atoms with Gasteiger partial charge in [-0.15, -0.1) is 0 Å². The minimum absolute atomic E-state index is 0.0876. The van der Waals surface area contributed by atoms with Gasteiger partial charge in [0.15, 0.2) is 17.5 Å². The molecule has 152 valence electrons. The summed E-state index contributed by atoms with van der Waals surface area (Å²) in [6, 6.07) is 4.48. The van der Waals surface area contributed by atoms with Crippen LogP contribution in [0.15, 0.2) is 35.5 Å². The zero-order valence-electron chi connectivity index (χ0n) is 16.0. The Hall–Kier alpha value is -3.43. The first-order valence-corrected chi connectivity index (χ1v) is 8.71. The number of aliphatic imine (C=N–C) groups is 1. The van der Waals surface area contributed by atoms with Crippen LogP contribution in [0.25, 0.3) is 11.0 Å². The summed E-state index contributed by atoms with van der Waals surface area (Å²) in [7, 11) is 0. The van der Waals surface area contributed by atoms with Crippen LogP contribution in [0.3, 0.4) is 0 Å². The van der Waals surface area contributed by atoms with Crippen molar-refractivity contribution in [1.29, 1.82) is 0 Å². The Labute approximate surface area is 164 Å². The molecule has 0 saturated heterocycles. The van der Waals surface area contributed by atoms with Crippen LogP contribution in [-0.4, -0.2) is 32.6 Å². The lowest BCUT2D eigenvalue weighted by molar-refractivity contribution is -0.119. The number of amides is 1. The second kappa shape index (κ2) is 7.90. The van der Waals surface area contributed by atoms with Gasteiger partial charge in [0.1, 0.15) is 11.3 Å². The zero-order valence-corrected chi connectivity index (χ0v) is 16.0. The van der Waals surface area contributed by atoms with Crippen molar-refractivity contribution >= 4 is 28.7 Å². The number of pyridine rings is 1. The molecule has 0 saturated carbocycles. The van der Waals surface area contributed by atoms with E-state index >= 15 is 0 Å². The molecule has 1 amide bonds. The van der Waals surface area contributed by atoms with Crippen molar-refractivity contribution in [1.82, 2.24) is 20.5 Å². The van der Waals surface area contributed by atoms with Gasteiger partial charge in [0.2, 0.25) is 11.9 Å². The fraction of sp³-hybridized carbons (Fsp3) is 0.263. The van der Waals surface area contributed by atoms with Gasteiger partial charge in [-0.25, -0.2) is 23.1 Å². The van der Waals surface area contributed by atoms with Gasteiger partial charge in [0.05, 0.1) is 23.7 Å². The first-order valence-electron chi connectivity index (χ1n) is 8.71. The maximum atomic E-state index is 13.4. The fourth-order valence-corrected chi connectivity index (χ4v) is 2.52. The molecule has 10 heteroatoms. The summed E-state index contributed by atoms with van der Waals surface area (Å²) >= 11 is 0. The van der Waals surface area contributed by atoms with Crippen LogP contribution < -0.4 is 10.6 Å². The number of rotatable bonds is 3. The Balaban J connectivity index is 1.80. The number of guanidine groups is 1. The van der Waals surface area contributed by atoms with E-state index in [-0.39, 0.29) is 18.2 Å². The monoisotopic (exact) mass is 404 g/mol. The number of nitrogens with one attached hydrogen (secondary N) is 3. The standard InChI is InChI=1S/C19H19F3N6O/c1-19(2,3)26-18(24-15(29)7-10-4-5-12(21)13(22)6-10)25-17-16-14(27-28-17)8-11(20)9-23-16/h4-6,8-9H,7H2,1-3H3,(H3,24,25,26,27,28,29). The van der Waals surface area contributed by atoms with Crippen molar-refractivity contribution in [3.63, 3.8) is 0 Å². The number of nitrogens with zero attached hydrogens (tertiary/aromatic N) is 3. The Morgan fingerprint density at radius 1 is 1.17 bits per heavy atom. The normalized spacial score (nSPS) is 12.3. The van der Waals surface area contributed by atoms with E-state index in [0.29, 0.717) is 16.6 Å². The van der Waals surface area contributed by atoms with Gasteiger partial charge < -0.3 is 5.32 Å². The molecule has 0 aliphatic heterocycles. The third-order valence-electron chi connectivity index (χ3n) is 3.66. The number of halogens is 3. The number of H-pyrrole nitrogens is 1. The van der Waals surface area contributed by atoms with Crippen molar-refractivity contribution in [3.05, 3.63) is 53.5 Å². The molecule has 0 bridgehead atoms. The molecular weight excluding hydrogens is 385 g/mol. The molecule has 0 atom stereocenters. The van der Waals surface area contributed by atoms with E-state index in [1.165, 1.54) is 12.1 Å². The first-order chi connectivity index (χ1) is 13.6. The van der Waals surface area contributed by atoms with Gasteiger partial charge in [0, 0.05) is 6.07 Å². The molecule has 1 aromatic carbocycles. The third-order valence-corrected chi connectivity index (χ3v) is 3.66. The van der Waals surface area contributed by atoms with Crippen molar-refractivity contribution in [2.24, 2.45) is 4.99 Å². The van der Waals surface area contributed by atoms with Crippen LogP contribution >= 0.6 is 0 Å². The molecule has 0 unspecified atom stereocenters. The molecule has 0 spiro atoms. The number of fused-ring (bicyclic) bond motifs is 1. The Bertz CT molecular complexity index is 1090. The summed E-state index contributed by atoms with van der Waals surface area (Å²) in [4.78, 5) is 20.8. The van der Waals surface area contributed by atoms with Crippen molar-refractivity contribution in [2.75, 3.05) is 5.32 Å². The van der Waals surface area contributed by atoms with Crippen LogP contribution in [0.2, 0.25) is 0 Å². The van der Waals surface area contributed by atoms with Gasteiger partial charge in [-0.05, 0) is 38.5 Å². The van der Waals surface area contributed by atoms with Crippen molar-refractivity contribution < 1.29 is 18.0 Å². The van der Waals surface area contributed by atoms with Crippen molar-refractivity contribution in [2.45, 2.75) is 32.7 Å². The van der Waals surface area contributed by atoms with E-state index in [1.807, 2.05) is 20.8 Å². The maximum Gasteiger partial charge on any atom is 0.231 e. The lowest BCUT2D eigenvalue weighted by Crippen LogP contribution is -2.39. The van der Waals surface area contributed by atoms with E-state index in [4.69, 9.17) is 0 Å². The Kier molecular flexibility index (Phi) is 5.53. The number of anilines is 1. The molecule has 0 aliphatic rings. The fourth-order valence-electron chi connectivity index (χ4n) is 2.52. The van der Waals surface area contributed by atoms with Gasteiger partial charge in [-0.2, -0.15) is 5.10 Å². The highest BCUT2D eigenvalue weighted by molar-refractivity contribution is 6.07. The average molecular weight is 404 g/mol. The number of carbonyl (C=O) groups is 1. The zero-order chi connectivity index (χ0) is 21.2. The van der Waals surface area contributed by atoms with Crippen LogP contribution in [0.4, 0.5) is 19.0 Å². The van der Waals surface area contributed by atoms with Gasteiger partial charge >= 0.3 is 0 Å². The second-order valence-corrected chi connectivity index (χ2v) is 7.35. The van der Waals surface area contributed by atoms with Crippen LogP contribution in [0, 0.1) is 17.5 Å². The molecular formula is C19H19F3N6O.